The summed E-state index contributed by atoms with van der Waals surface area (Å²) in [6, 6.07) is 57.3. The first-order valence-corrected chi connectivity index (χ1v) is 55.4. The number of nitrogens with zero attached hydrogens (tertiary/aromatic N) is 9. The van der Waals surface area contributed by atoms with E-state index in [0.717, 1.165) is 147 Å². The normalized spacial score (nSPS) is 10.7. The van der Waals surface area contributed by atoms with E-state index in [2.05, 4.69) is 236 Å². The molecule has 0 bridgehead atoms. The zero-order valence-corrected chi connectivity index (χ0v) is 88.2. The van der Waals surface area contributed by atoms with Gasteiger partial charge < -0.3 is 28.8 Å². The molecular formula is C117H158AlCl4N9O6. The number of aryl methyl sites for hydroxylation is 12. The Morgan fingerprint density at radius 1 is 0.234 bits per heavy atom. The molecule has 0 unspecified atom stereocenters. The number of ether oxygens (including phenoxy) is 5. The first-order valence-electron chi connectivity index (χ1n) is 49.8. The lowest BCUT2D eigenvalue weighted by molar-refractivity contribution is 0.289. The zero-order valence-electron chi connectivity index (χ0n) is 84.0. The maximum atomic E-state index is 11.0. The molecular weight excluding hydrogens is 1800 g/mol. The Labute approximate surface area is 846 Å². The van der Waals surface area contributed by atoms with Crippen molar-refractivity contribution in [1.82, 2.24) is 44.9 Å². The monoisotopic (exact) mass is 1950 g/mol. The van der Waals surface area contributed by atoms with Crippen LogP contribution in [0.2, 0.25) is 5.28 Å². The Kier molecular flexibility index (Phi) is 54.9. The lowest BCUT2D eigenvalue weighted by Crippen LogP contribution is -2.05. The van der Waals surface area contributed by atoms with Crippen LogP contribution >= 0.6 is 41.7 Å². The van der Waals surface area contributed by atoms with Crippen LogP contribution in [0.4, 0.5) is 0 Å². The highest BCUT2D eigenvalue weighted by atomic mass is 35.8. The second kappa shape index (κ2) is 64.7. The maximum absolute atomic E-state index is 11.0. The number of halogens is 4. The third-order valence-electron chi connectivity index (χ3n) is 23.6. The SMILES string of the molecule is C.C.CCCCCCCCOc1ccc(-c2nc(-c3ccc(C)cc3C)nc(-c3ccc(C)cc3C)n2)c(O)c1.CCCCCCCCOc1ccc(-c2nc(-c3ccc(C)cc3C)nc(-c3ccc(C)cc3C)n2)c(OCCCCCCCC)c1.CCCCCCCCOc1cccc(OCCCCCCCC)c1.Cc1ccc(-c2nc(Cl)nc(-c3ccc(C)cc3C)n2)c(C)c1.[Cl][Al]([Cl])[Cl]. The van der Waals surface area contributed by atoms with Gasteiger partial charge in [-0.1, -0.05) is 359 Å². The molecule has 0 saturated carbocycles. The molecule has 0 atom stereocenters. The van der Waals surface area contributed by atoms with Gasteiger partial charge in [-0.3, -0.25) is 0 Å². The fourth-order valence-electron chi connectivity index (χ4n) is 16.1. The Hall–Kier alpha value is -9.50. The van der Waals surface area contributed by atoms with Gasteiger partial charge in [-0.15, -0.1) is 0 Å². The molecule has 20 heteroatoms. The van der Waals surface area contributed by atoms with Crippen molar-refractivity contribution >= 4 is 53.1 Å². The van der Waals surface area contributed by atoms with Gasteiger partial charge in [0, 0.05) is 51.6 Å². The first-order chi connectivity index (χ1) is 65.3. The third kappa shape index (κ3) is 41.5. The molecule has 0 fully saturated rings. The average Bonchev–Trinajstić information content (AvgIpc) is 0.791. The standard InChI is InChI=1S/C41H55N3O2.C33H39N3O2.C22H38O2.C19H18ClN3.2CH4.Al.3ClH/c1-7-9-11-13-15-17-25-45-34-21-24-37(38(29-34)46-26-18-16-14-12-10-8-2)41-43-39(35-22-19-30(3)27-32(35)5)42-40(44-41)36-23-20-31(4)28-33(36)6;1-6-7-8-9-10-11-18-38-26-14-17-29(30(37)21-26)33-35-31(27-15-12-22(2)19-24(27)4)34-32(36-33)28-16-13-23(3)20-25(28)5;1-3-5-7-9-11-13-18-23-21-16-15-17-22(20-21)24-19-14-12-10-8-6-4-2;1-11-5-7-15(13(3)9-11)17-21-18(23-19(20)22-17)16-8-6-12(2)10-14(16)4;;;;;;/h19-24,27-29H,7-18,25-26H2,1-6H3;12-17,19-21,37H,6-11,18H2,1-5H3;15-17,20H,3-14,18-19H2,1-2H3;5-10H,1-4H3;2*1H4;;3*1H/q;;;;;;+3;;;/p-3. The van der Waals surface area contributed by atoms with Crippen LogP contribution in [0.15, 0.2) is 170 Å². The first kappa shape index (κ1) is 116. The van der Waals surface area contributed by atoms with Crippen LogP contribution in [0.5, 0.6) is 34.5 Å². The van der Waals surface area contributed by atoms with Crippen molar-refractivity contribution in [2.45, 2.75) is 325 Å². The molecule has 0 aliphatic heterocycles. The Morgan fingerprint density at radius 2 is 0.438 bits per heavy atom. The van der Waals surface area contributed by atoms with Crippen molar-refractivity contribution in [3.8, 4) is 126 Å². The lowest BCUT2D eigenvalue weighted by Gasteiger charge is -2.16. The van der Waals surface area contributed by atoms with E-state index < -0.39 is 11.4 Å². The molecule has 9 aromatic carbocycles. The summed E-state index contributed by atoms with van der Waals surface area (Å²) >= 11 is 4.43. The van der Waals surface area contributed by atoms with Gasteiger partial charge in [-0.25, -0.2) is 65.0 Å². The summed E-state index contributed by atoms with van der Waals surface area (Å²) in [7, 11) is 14.8. The fourth-order valence-corrected chi connectivity index (χ4v) is 16.3. The van der Waals surface area contributed by atoms with Gasteiger partial charge in [0.25, 0.3) is 0 Å². The minimum Gasteiger partial charge on any atom is -0.507 e. The summed E-state index contributed by atoms with van der Waals surface area (Å²) in [4.78, 5) is 43.0. The summed E-state index contributed by atoms with van der Waals surface area (Å²) in [5.41, 5.74) is 21.2. The topological polar surface area (TPSA) is 182 Å². The number of phenols is 1. The smallest absolute Gasteiger partial charge is 0.507 e. The molecule has 3 heterocycles. The Bertz CT molecular complexity index is 5320. The van der Waals surface area contributed by atoms with Crippen LogP contribution in [0, 0.1) is 83.1 Å². The van der Waals surface area contributed by atoms with Crippen molar-refractivity contribution in [3.63, 3.8) is 0 Å². The van der Waals surface area contributed by atoms with E-state index in [1.807, 2.05) is 60.7 Å². The minimum absolute atomic E-state index is 0. The molecule has 0 saturated heterocycles. The van der Waals surface area contributed by atoms with Crippen LogP contribution in [-0.4, -0.2) is 94.4 Å². The van der Waals surface area contributed by atoms with E-state index in [1.54, 1.807) is 6.07 Å². The van der Waals surface area contributed by atoms with Gasteiger partial charge >= 0.3 is 11.4 Å². The fraction of sp³-hybridized carbons (Fsp3) is 0.462. The molecule has 3 aromatic heterocycles. The number of phenolic OH excluding ortho intramolecular Hbond substituents is 1. The molecule has 0 spiro atoms. The predicted molar refractivity (Wildman–Crippen MR) is 584 cm³/mol. The molecule has 137 heavy (non-hydrogen) atoms. The molecule has 738 valence electrons. The molecule has 1 N–H and O–H groups in total. The van der Waals surface area contributed by atoms with Gasteiger partial charge in [0.15, 0.2) is 46.6 Å². The van der Waals surface area contributed by atoms with Crippen molar-refractivity contribution in [2.75, 3.05) is 33.0 Å². The third-order valence-corrected chi connectivity index (χ3v) is 23.8. The zero-order chi connectivity index (χ0) is 97.2. The van der Waals surface area contributed by atoms with Gasteiger partial charge in [0.2, 0.25) is 5.28 Å². The van der Waals surface area contributed by atoms with E-state index in [-0.39, 0.29) is 25.9 Å². The molecule has 0 amide bonds. The molecule has 0 radical (unpaired) electrons. The van der Waals surface area contributed by atoms with Crippen molar-refractivity contribution < 1.29 is 28.8 Å². The second-order valence-corrected chi connectivity index (χ2v) is 42.7. The van der Waals surface area contributed by atoms with Gasteiger partial charge in [0.05, 0.1) is 44.2 Å². The highest BCUT2D eigenvalue weighted by Crippen LogP contribution is 2.39. The van der Waals surface area contributed by atoms with Crippen LogP contribution < -0.4 is 23.7 Å². The van der Waals surface area contributed by atoms with Gasteiger partial charge in [0.1, 0.15) is 34.5 Å². The number of hydrogen-bond acceptors (Lipinski definition) is 15. The number of unbranched alkanes of at least 4 members (excludes halogenated alkanes) is 25. The second-order valence-electron chi connectivity index (χ2n) is 35.9. The number of benzene rings is 9. The maximum Gasteiger partial charge on any atom is 0.643 e. The molecule has 15 nitrogen and oxygen atoms in total. The summed E-state index contributed by atoms with van der Waals surface area (Å²) in [5.74, 6) is 8.98. The molecule has 12 rings (SSSR count). The number of rotatable bonds is 48. The molecule has 0 aliphatic carbocycles. The molecule has 0 aliphatic rings. The van der Waals surface area contributed by atoms with E-state index >= 15 is 0 Å². The van der Waals surface area contributed by atoms with Crippen LogP contribution in [0.3, 0.4) is 0 Å². The number of aromatic nitrogens is 9. The average molecular weight is 1960 g/mol. The van der Waals surface area contributed by atoms with Gasteiger partial charge in [-0.2, -0.15) is 9.97 Å². The van der Waals surface area contributed by atoms with Crippen LogP contribution in [-0.2, 0) is 0 Å². The highest BCUT2D eigenvalue weighted by molar-refractivity contribution is 7.54. The largest absolute Gasteiger partial charge is 0.643 e. The summed E-state index contributed by atoms with van der Waals surface area (Å²) in [6.45, 7) is 39.9. The van der Waals surface area contributed by atoms with Crippen LogP contribution in [0.1, 0.15) is 309 Å². The Balaban J connectivity index is 0.000000285. The van der Waals surface area contributed by atoms with E-state index in [1.165, 1.54) is 187 Å². The summed E-state index contributed by atoms with van der Waals surface area (Å²) in [6.07, 6.45) is 37.5. The summed E-state index contributed by atoms with van der Waals surface area (Å²) < 4.78 is 30.3. The quantitative estimate of drug-likeness (QED) is 0.0281. The lowest BCUT2D eigenvalue weighted by atomic mass is 10.0. The molecule has 12 aromatic rings. The van der Waals surface area contributed by atoms with Crippen molar-refractivity contribution in [2.24, 2.45) is 0 Å². The van der Waals surface area contributed by atoms with Crippen LogP contribution in [0.25, 0.3) is 91.1 Å². The van der Waals surface area contributed by atoms with E-state index in [0.29, 0.717) is 77.7 Å². The van der Waals surface area contributed by atoms with Crippen molar-refractivity contribution in [1.29, 1.82) is 0 Å². The number of aromatic hydroxyl groups is 1. The minimum atomic E-state index is -1.72. The number of hydrogen-bond donors (Lipinski definition) is 1. The Morgan fingerprint density at radius 3 is 0.693 bits per heavy atom. The van der Waals surface area contributed by atoms with Crippen molar-refractivity contribution in [3.05, 3.63) is 242 Å². The van der Waals surface area contributed by atoms with Gasteiger partial charge in [-0.05, 0) is 197 Å². The predicted octanol–water partition coefficient (Wildman–Crippen LogP) is 35.4. The van der Waals surface area contributed by atoms with E-state index in [4.69, 9.17) is 95.3 Å². The summed E-state index contributed by atoms with van der Waals surface area (Å²) in [5, 5.41) is 11.2. The van der Waals surface area contributed by atoms with E-state index in [9.17, 15) is 5.11 Å². The highest BCUT2D eigenvalue weighted by Gasteiger charge is 2.22.